The summed E-state index contributed by atoms with van der Waals surface area (Å²) in [4.78, 5) is 14.1. The molecule has 0 aliphatic carbocycles. The van der Waals surface area contributed by atoms with E-state index < -0.39 is 0 Å². The molecule has 2 atom stereocenters. The topological polar surface area (TPSA) is 29.5 Å². The molecule has 0 spiro atoms. The van der Waals surface area contributed by atoms with Gasteiger partial charge >= 0.3 is 0 Å². The minimum atomic E-state index is 0.162. The van der Waals surface area contributed by atoms with Crippen molar-refractivity contribution in [3.05, 3.63) is 11.6 Å². The molecule has 3 nitrogen and oxygen atoms in total. The van der Waals surface area contributed by atoms with Crippen molar-refractivity contribution in [1.29, 1.82) is 0 Å². The smallest absolute Gasteiger partial charge is 0.246 e. The zero-order valence-electron chi connectivity index (χ0n) is 18.8. The Kier molecular flexibility index (Phi) is 12.7. The van der Waals surface area contributed by atoms with Gasteiger partial charge in [0, 0.05) is 19.2 Å². The van der Waals surface area contributed by atoms with Gasteiger partial charge in [0.05, 0.1) is 13.2 Å². The quantitative estimate of drug-likeness (QED) is 0.355. The van der Waals surface area contributed by atoms with Crippen molar-refractivity contribution >= 4 is 5.91 Å². The molecule has 3 heteroatoms. The third-order valence-corrected chi connectivity index (χ3v) is 5.83. The second-order valence-corrected chi connectivity index (χ2v) is 9.29. The number of allylic oxidation sites excluding steroid dienone is 1. The Morgan fingerprint density at radius 1 is 0.889 bits per heavy atom. The van der Waals surface area contributed by atoms with E-state index in [1.807, 2.05) is 11.0 Å². The molecule has 1 aliphatic heterocycles. The van der Waals surface area contributed by atoms with Gasteiger partial charge in [-0.2, -0.15) is 0 Å². The van der Waals surface area contributed by atoms with Gasteiger partial charge in [-0.05, 0) is 37.5 Å². The first-order valence-electron chi connectivity index (χ1n) is 11.4. The average molecular weight is 380 g/mol. The van der Waals surface area contributed by atoms with Crippen LogP contribution in [0.3, 0.4) is 0 Å². The lowest BCUT2D eigenvalue weighted by molar-refractivity contribution is -0.130. The summed E-state index contributed by atoms with van der Waals surface area (Å²) in [6.45, 7) is 14.4. The molecule has 0 radical (unpaired) electrons. The summed E-state index contributed by atoms with van der Waals surface area (Å²) in [5.74, 6) is 2.69. The fraction of sp³-hybridized carbons (Fsp3) is 0.875. The van der Waals surface area contributed by atoms with E-state index in [-0.39, 0.29) is 5.91 Å². The number of carbonyl (C=O) groups excluding carboxylic acids is 1. The molecule has 1 fully saturated rings. The van der Waals surface area contributed by atoms with Crippen molar-refractivity contribution in [2.24, 2.45) is 17.8 Å². The highest BCUT2D eigenvalue weighted by Gasteiger charge is 2.14. The van der Waals surface area contributed by atoms with Gasteiger partial charge in [-0.1, -0.05) is 78.2 Å². The van der Waals surface area contributed by atoms with E-state index >= 15 is 0 Å². The lowest BCUT2D eigenvalue weighted by atomic mass is 9.91. The summed E-state index contributed by atoms with van der Waals surface area (Å²) in [5.41, 5.74) is 1.22. The lowest BCUT2D eigenvalue weighted by Crippen LogP contribution is -2.39. The van der Waals surface area contributed by atoms with E-state index in [0.29, 0.717) is 13.2 Å². The summed E-state index contributed by atoms with van der Waals surface area (Å²) in [6, 6.07) is 0. The highest BCUT2D eigenvalue weighted by molar-refractivity contribution is 5.88. The second kappa shape index (κ2) is 14.2. The number of morpholine rings is 1. The van der Waals surface area contributed by atoms with Gasteiger partial charge in [0.1, 0.15) is 0 Å². The van der Waals surface area contributed by atoms with Gasteiger partial charge in [0.25, 0.3) is 0 Å². The van der Waals surface area contributed by atoms with Crippen LogP contribution in [0.25, 0.3) is 0 Å². The number of hydrogen-bond acceptors (Lipinski definition) is 2. The van der Waals surface area contributed by atoms with Crippen LogP contribution >= 0.6 is 0 Å². The van der Waals surface area contributed by atoms with Crippen LogP contribution < -0.4 is 0 Å². The molecule has 0 bridgehead atoms. The second-order valence-electron chi connectivity index (χ2n) is 9.29. The van der Waals surface area contributed by atoms with Gasteiger partial charge in [-0.3, -0.25) is 4.79 Å². The van der Waals surface area contributed by atoms with Crippen LogP contribution in [0.5, 0.6) is 0 Å². The molecule has 1 amide bonds. The molecule has 0 N–H and O–H groups in total. The van der Waals surface area contributed by atoms with Gasteiger partial charge in [-0.25, -0.2) is 0 Å². The number of nitrogens with zero attached hydrogens (tertiary/aromatic N) is 1. The lowest BCUT2D eigenvalue weighted by Gasteiger charge is -2.25. The van der Waals surface area contributed by atoms with E-state index in [9.17, 15) is 4.79 Å². The van der Waals surface area contributed by atoms with Crippen LogP contribution in [0.2, 0.25) is 0 Å². The average Bonchev–Trinajstić information content (AvgIpc) is 2.62. The van der Waals surface area contributed by atoms with Crippen LogP contribution in [0, 0.1) is 17.8 Å². The number of hydrogen-bond donors (Lipinski definition) is 0. The highest BCUT2D eigenvalue weighted by Crippen LogP contribution is 2.22. The van der Waals surface area contributed by atoms with Gasteiger partial charge in [-0.15, -0.1) is 0 Å². The fourth-order valence-electron chi connectivity index (χ4n) is 3.87. The molecular formula is C24H45NO2. The summed E-state index contributed by atoms with van der Waals surface area (Å²) in [5, 5.41) is 0. The normalized spacial score (nSPS) is 18.0. The fourth-order valence-corrected chi connectivity index (χ4v) is 3.87. The molecule has 1 aliphatic rings. The minimum Gasteiger partial charge on any atom is -0.378 e. The number of rotatable bonds is 13. The summed E-state index contributed by atoms with van der Waals surface area (Å²) >= 11 is 0. The number of carbonyl (C=O) groups is 1. The predicted molar refractivity (Wildman–Crippen MR) is 116 cm³/mol. The van der Waals surface area contributed by atoms with Gasteiger partial charge < -0.3 is 9.64 Å². The first-order chi connectivity index (χ1) is 12.9. The molecule has 2 unspecified atom stereocenters. The standard InChI is InChI=1S/C24H45NO2/c1-20(2)9-6-10-21(3)11-7-12-22(4)13-8-14-23(5)19-24(26)25-15-17-27-18-16-25/h19-22H,6-18H2,1-5H3. The zero-order valence-corrected chi connectivity index (χ0v) is 18.8. The Bertz CT molecular complexity index is 424. The maximum absolute atomic E-state index is 12.2. The molecular weight excluding hydrogens is 334 g/mol. The molecule has 27 heavy (non-hydrogen) atoms. The van der Waals surface area contributed by atoms with Crippen LogP contribution in [-0.2, 0) is 9.53 Å². The van der Waals surface area contributed by atoms with E-state index in [0.717, 1.165) is 37.3 Å². The van der Waals surface area contributed by atoms with Gasteiger partial charge in [0.2, 0.25) is 5.91 Å². The Hall–Kier alpha value is -0.830. The predicted octanol–water partition coefficient (Wildman–Crippen LogP) is 6.23. The van der Waals surface area contributed by atoms with Crippen molar-refractivity contribution in [3.8, 4) is 0 Å². The van der Waals surface area contributed by atoms with E-state index in [2.05, 4.69) is 34.6 Å². The first-order valence-corrected chi connectivity index (χ1v) is 11.4. The molecule has 1 saturated heterocycles. The summed E-state index contributed by atoms with van der Waals surface area (Å²) < 4.78 is 5.31. The zero-order chi connectivity index (χ0) is 20.1. The van der Waals surface area contributed by atoms with Crippen molar-refractivity contribution in [2.45, 2.75) is 92.4 Å². The monoisotopic (exact) mass is 379 g/mol. The largest absolute Gasteiger partial charge is 0.378 e. The number of ether oxygens (including phenoxy) is 1. The SMILES string of the molecule is CC(=CC(=O)N1CCOCC1)CCCC(C)CCCC(C)CCCC(C)C. The molecule has 0 saturated carbocycles. The summed E-state index contributed by atoms with van der Waals surface area (Å²) in [6.07, 6.45) is 13.6. The number of amides is 1. The van der Waals surface area contributed by atoms with Crippen LogP contribution in [0.1, 0.15) is 92.4 Å². The summed E-state index contributed by atoms with van der Waals surface area (Å²) in [7, 11) is 0. The highest BCUT2D eigenvalue weighted by atomic mass is 16.5. The van der Waals surface area contributed by atoms with Crippen molar-refractivity contribution in [1.82, 2.24) is 4.90 Å². The van der Waals surface area contributed by atoms with E-state index in [1.165, 1.54) is 56.9 Å². The molecule has 158 valence electrons. The van der Waals surface area contributed by atoms with Crippen LogP contribution in [0.15, 0.2) is 11.6 Å². The molecule has 0 aromatic rings. The third-order valence-electron chi connectivity index (χ3n) is 5.83. The van der Waals surface area contributed by atoms with E-state index in [1.54, 1.807) is 0 Å². The molecule has 1 heterocycles. The van der Waals surface area contributed by atoms with Crippen molar-refractivity contribution in [3.63, 3.8) is 0 Å². The van der Waals surface area contributed by atoms with Crippen molar-refractivity contribution in [2.75, 3.05) is 26.3 Å². The van der Waals surface area contributed by atoms with Crippen LogP contribution in [0.4, 0.5) is 0 Å². The first kappa shape index (κ1) is 24.2. The Balaban J connectivity index is 2.09. The maximum atomic E-state index is 12.2. The Morgan fingerprint density at radius 3 is 1.96 bits per heavy atom. The molecule has 1 rings (SSSR count). The van der Waals surface area contributed by atoms with E-state index in [4.69, 9.17) is 4.74 Å². The van der Waals surface area contributed by atoms with Crippen molar-refractivity contribution < 1.29 is 9.53 Å². The Labute approximate surface area is 168 Å². The molecule has 0 aromatic carbocycles. The molecule has 0 aromatic heterocycles. The van der Waals surface area contributed by atoms with Crippen LogP contribution in [-0.4, -0.2) is 37.1 Å². The Morgan fingerprint density at radius 2 is 1.41 bits per heavy atom. The third kappa shape index (κ3) is 12.3. The maximum Gasteiger partial charge on any atom is 0.246 e. The minimum absolute atomic E-state index is 0.162. The van der Waals surface area contributed by atoms with Gasteiger partial charge in [0.15, 0.2) is 0 Å².